The molecule has 0 saturated carbocycles. The zero-order valence-corrected chi connectivity index (χ0v) is 17.7. The summed E-state index contributed by atoms with van der Waals surface area (Å²) in [6.45, 7) is 7.43. The molecule has 1 fully saturated rings. The van der Waals surface area contributed by atoms with Crippen molar-refractivity contribution in [3.8, 4) is 0 Å². The van der Waals surface area contributed by atoms with E-state index in [9.17, 15) is 4.39 Å². The number of benzene rings is 1. The molecule has 2 N–H and O–H groups in total. The Balaban J connectivity index is 1.65. The molecular formula is C22H30FN3OS. The molecule has 28 heavy (non-hydrogen) atoms. The van der Waals surface area contributed by atoms with Crippen LogP contribution in [-0.2, 0) is 15.6 Å². The van der Waals surface area contributed by atoms with Crippen LogP contribution in [0.25, 0.3) is 0 Å². The van der Waals surface area contributed by atoms with Crippen molar-refractivity contribution in [1.29, 1.82) is 0 Å². The number of nitrogens with zero attached hydrogens (tertiary/aromatic N) is 1. The molecule has 1 aliphatic heterocycles. The highest BCUT2D eigenvalue weighted by Crippen LogP contribution is 2.34. The minimum Gasteiger partial charge on any atom is -0.381 e. The van der Waals surface area contributed by atoms with Crippen LogP contribution in [0.2, 0.25) is 0 Å². The van der Waals surface area contributed by atoms with Gasteiger partial charge in [-0.3, -0.25) is 4.99 Å². The molecule has 0 aliphatic carbocycles. The molecule has 1 aliphatic rings. The lowest BCUT2D eigenvalue weighted by Crippen LogP contribution is -2.49. The predicted octanol–water partition coefficient (Wildman–Crippen LogP) is 4.08. The van der Waals surface area contributed by atoms with Crippen LogP contribution in [0.5, 0.6) is 0 Å². The van der Waals surface area contributed by atoms with Crippen molar-refractivity contribution in [3.05, 3.63) is 58.0 Å². The summed E-state index contributed by atoms with van der Waals surface area (Å²) in [4.78, 5) is 5.75. The summed E-state index contributed by atoms with van der Waals surface area (Å²) in [5, 5.41) is 9.09. The van der Waals surface area contributed by atoms with E-state index in [1.807, 2.05) is 12.1 Å². The van der Waals surface area contributed by atoms with Gasteiger partial charge in [0.1, 0.15) is 5.82 Å². The number of nitrogens with one attached hydrogen (secondary N) is 2. The fourth-order valence-corrected chi connectivity index (χ4v) is 4.51. The third-order valence-electron chi connectivity index (χ3n) is 5.61. The monoisotopic (exact) mass is 403 g/mol. The molecule has 0 amide bonds. The summed E-state index contributed by atoms with van der Waals surface area (Å²) in [6, 6.07) is 11.2. The van der Waals surface area contributed by atoms with Gasteiger partial charge in [-0.15, -0.1) is 11.3 Å². The van der Waals surface area contributed by atoms with Gasteiger partial charge in [0.25, 0.3) is 0 Å². The van der Waals surface area contributed by atoms with Crippen molar-refractivity contribution < 1.29 is 9.13 Å². The molecule has 0 radical (unpaired) electrons. The van der Waals surface area contributed by atoms with Gasteiger partial charge in [-0.2, -0.15) is 0 Å². The Bertz CT molecular complexity index is 766. The van der Waals surface area contributed by atoms with Crippen molar-refractivity contribution >= 4 is 17.3 Å². The first-order valence-corrected chi connectivity index (χ1v) is 10.7. The molecule has 6 heteroatoms. The number of halogens is 1. The van der Waals surface area contributed by atoms with Gasteiger partial charge in [-0.05, 0) is 42.0 Å². The second kappa shape index (κ2) is 9.05. The van der Waals surface area contributed by atoms with Crippen LogP contribution in [0.4, 0.5) is 4.39 Å². The van der Waals surface area contributed by atoms with Crippen molar-refractivity contribution in [2.45, 2.75) is 37.5 Å². The third-order valence-corrected chi connectivity index (χ3v) is 6.85. The molecule has 1 aromatic carbocycles. The lowest BCUT2D eigenvalue weighted by Gasteiger charge is -2.38. The Kier molecular flexibility index (Phi) is 6.73. The SMILES string of the molecule is CN=C(NCC(C)(C)c1cccs1)NCC1(c2ccc(F)cc2)CCOCC1. The van der Waals surface area contributed by atoms with E-state index in [2.05, 4.69) is 47.0 Å². The number of hydrogen-bond acceptors (Lipinski definition) is 3. The summed E-state index contributed by atoms with van der Waals surface area (Å²) in [5.74, 6) is 0.588. The van der Waals surface area contributed by atoms with Crippen LogP contribution in [0.3, 0.4) is 0 Å². The second-order valence-electron chi connectivity index (χ2n) is 8.04. The molecule has 1 saturated heterocycles. The van der Waals surface area contributed by atoms with Crippen LogP contribution in [-0.4, -0.2) is 39.3 Å². The van der Waals surface area contributed by atoms with Gasteiger partial charge in [0.15, 0.2) is 5.96 Å². The van der Waals surface area contributed by atoms with Crippen molar-refractivity contribution in [3.63, 3.8) is 0 Å². The molecule has 152 valence electrons. The van der Waals surface area contributed by atoms with Gasteiger partial charge in [0.05, 0.1) is 0 Å². The smallest absolute Gasteiger partial charge is 0.191 e. The molecule has 0 bridgehead atoms. The van der Waals surface area contributed by atoms with E-state index in [4.69, 9.17) is 4.74 Å². The molecule has 3 rings (SSSR count). The molecule has 1 aromatic heterocycles. The summed E-state index contributed by atoms with van der Waals surface area (Å²) in [7, 11) is 1.79. The van der Waals surface area contributed by atoms with E-state index in [0.29, 0.717) is 0 Å². The second-order valence-corrected chi connectivity index (χ2v) is 8.99. The Hall–Kier alpha value is -1.92. The van der Waals surface area contributed by atoms with E-state index in [0.717, 1.165) is 50.7 Å². The van der Waals surface area contributed by atoms with E-state index in [1.54, 1.807) is 30.5 Å². The van der Waals surface area contributed by atoms with Crippen LogP contribution in [0.15, 0.2) is 46.8 Å². The largest absolute Gasteiger partial charge is 0.381 e. The Morgan fingerprint density at radius 1 is 1.18 bits per heavy atom. The number of rotatable bonds is 6. The molecular weight excluding hydrogens is 373 g/mol. The number of aliphatic imine (C=N–C) groups is 1. The van der Waals surface area contributed by atoms with E-state index in [1.165, 1.54) is 4.88 Å². The summed E-state index contributed by atoms with van der Waals surface area (Å²) < 4.78 is 19.0. The zero-order valence-electron chi connectivity index (χ0n) is 16.9. The highest BCUT2D eigenvalue weighted by atomic mass is 32.1. The highest BCUT2D eigenvalue weighted by molar-refractivity contribution is 7.10. The van der Waals surface area contributed by atoms with Crippen LogP contribution in [0.1, 0.15) is 37.1 Å². The number of hydrogen-bond donors (Lipinski definition) is 2. The summed E-state index contributed by atoms with van der Waals surface area (Å²) in [6.07, 6.45) is 1.81. The average Bonchev–Trinajstić information content (AvgIpc) is 3.25. The lowest BCUT2D eigenvalue weighted by atomic mass is 9.74. The third kappa shape index (κ3) is 4.92. The first kappa shape index (κ1) is 20.8. The quantitative estimate of drug-likeness (QED) is 0.564. The van der Waals surface area contributed by atoms with Gasteiger partial charge in [-0.1, -0.05) is 32.0 Å². The number of thiophene rings is 1. The lowest BCUT2D eigenvalue weighted by molar-refractivity contribution is 0.0513. The van der Waals surface area contributed by atoms with Crippen LogP contribution >= 0.6 is 11.3 Å². The van der Waals surface area contributed by atoms with Crippen LogP contribution in [0, 0.1) is 5.82 Å². The fraction of sp³-hybridized carbons (Fsp3) is 0.500. The van der Waals surface area contributed by atoms with Crippen molar-refractivity contribution in [2.75, 3.05) is 33.4 Å². The molecule has 0 spiro atoms. The first-order chi connectivity index (χ1) is 13.5. The van der Waals surface area contributed by atoms with Gasteiger partial charge in [0.2, 0.25) is 0 Å². The fourth-order valence-electron chi connectivity index (χ4n) is 3.66. The molecule has 2 heterocycles. The van der Waals surface area contributed by atoms with Crippen molar-refractivity contribution in [1.82, 2.24) is 10.6 Å². The molecule has 4 nitrogen and oxygen atoms in total. The topological polar surface area (TPSA) is 45.7 Å². The summed E-state index contributed by atoms with van der Waals surface area (Å²) >= 11 is 1.78. The van der Waals surface area contributed by atoms with Gasteiger partial charge in [-0.25, -0.2) is 4.39 Å². The Labute approximate surface area is 171 Å². The minimum absolute atomic E-state index is 0.0269. The highest BCUT2D eigenvalue weighted by Gasteiger charge is 2.34. The minimum atomic E-state index is -0.202. The molecule has 2 aromatic rings. The van der Waals surface area contributed by atoms with Crippen LogP contribution < -0.4 is 10.6 Å². The number of guanidine groups is 1. The predicted molar refractivity (Wildman–Crippen MR) is 115 cm³/mol. The number of ether oxygens (including phenoxy) is 1. The Morgan fingerprint density at radius 3 is 2.50 bits per heavy atom. The van der Waals surface area contributed by atoms with E-state index >= 15 is 0 Å². The van der Waals surface area contributed by atoms with Crippen molar-refractivity contribution in [2.24, 2.45) is 4.99 Å². The normalized spacial score (nSPS) is 17.4. The maximum atomic E-state index is 13.4. The van der Waals surface area contributed by atoms with Gasteiger partial charge >= 0.3 is 0 Å². The standard InChI is InChI=1S/C22H30FN3OS/c1-21(2,19-5-4-14-28-19)15-25-20(24-3)26-16-22(10-12-27-13-11-22)17-6-8-18(23)9-7-17/h4-9,14H,10-13,15-16H2,1-3H3,(H2,24,25,26). The van der Waals surface area contributed by atoms with E-state index in [-0.39, 0.29) is 16.6 Å². The maximum Gasteiger partial charge on any atom is 0.191 e. The molecule has 0 atom stereocenters. The first-order valence-electron chi connectivity index (χ1n) is 9.78. The van der Waals surface area contributed by atoms with E-state index < -0.39 is 0 Å². The van der Waals surface area contributed by atoms with Gasteiger partial charge in [0, 0.05) is 49.1 Å². The summed E-state index contributed by atoms with van der Waals surface area (Å²) in [5.41, 5.74) is 1.10. The zero-order chi connectivity index (χ0) is 20.0. The Morgan fingerprint density at radius 2 is 1.89 bits per heavy atom. The van der Waals surface area contributed by atoms with Gasteiger partial charge < -0.3 is 15.4 Å². The average molecular weight is 404 g/mol. The maximum absolute atomic E-state index is 13.4. The molecule has 0 unspecified atom stereocenters.